The van der Waals surface area contributed by atoms with Crippen molar-refractivity contribution < 1.29 is 14.3 Å². The van der Waals surface area contributed by atoms with Gasteiger partial charge in [0.25, 0.3) is 0 Å². The lowest BCUT2D eigenvalue weighted by Crippen LogP contribution is -2.47. The van der Waals surface area contributed by atoms with E-state index in [0.29, 0.717) is 29.2 Å². The molecule has 1 fully saturated rings. The maximum Gasteiger partial charge on any atom is 0.309 e. The first-order chi connectivity index (χ1) is 18.0. The normalized spacial score (nSPS) is 14.9. The highest BCUT2D eigenvalue weighted by atomic mass is 32.1. The molecule has 0 amide bonds. The maximum atomic E-state index is 12.8. The zero-order chi connectivity index (χ0) is 25.8. The SMILES string of the molecule is N/C(=N\c1nc(N)nc2c1sc(=O)n2CCN1CCN(c2ccc(OCCO)cc2)CC1)c1ccco1. The lowest BCUT2D eigenvalue weighted by Gasteiger charge is -2.36. The molecule has 3 aromatic heterocycles. The fraction of sp³-hybridized carbons (Fsp3) is 0.333. The van der Waals surface area contributed by atoms with Crippen LogP contribution in [0.1, 0.15) is 5.76 Å². The Kier molecular flexibility index (Phi) is 7.35. The van der Waals surface area contributed by atoms with E-state index in [0.717, 1.165) is 49.0 Å². The van der Waals surface area contributed by atoms with Gasteiger partial charge in [-0.25, -0.2) is 4.99 Å². The minimum absolute atomic E-state index is 0.00708. The summed E-state index contributed by atoms with van der Waals surface area (Å²) in [5.41, 5.74) is 13.6. The third kappa shape index (κ3) is 5.58. The summed E-state index contributed by atoms with van der Waals surface area (Å²) in [6.45, 7) is 4.93. The van der Waals surface area contributed by atoms with Crippen LogP contribution >= 0.6 is 11.3 Å². The molecule has 1 saturated heterocycles. The van der Waals surface area contributed by atoms with Gasteiger partial charge in [-0.3, -0.25) is 14.3 Å². The number of nitrogen functional groups attached to an aromatic ring is 1. The van der Waals surface area contributed by atoms with Crippen molar-refractivity contribution in [2.45, 2.75) is 6.54 Å². The number of thiazole rings is 1. The Bertz CT molecular complexity index is 1420. The monoisotopic (exact) mass is 524 g/mol. The average Bonchev–Trinajstić information content (AvgIpc) is 3.55. The predicted molar refractivity (Wildman–Crippen MR) is 143 cm³/mol. The first-order valence-electron chi connectivity index (χ1n) is 11.9. The van der Waals surface area contributed by atoms with Crippen LogP contribution in [-0.4, -0.2) is 76.3 Å². The van der Waals surface area contributed by atoms with Gasteiger partial charge < -0.3 is 30.6 Å². The van der Waals surface area contributed by atoms with Crippen molar-refractivity contribution in [2.24, 2.45) is 10.7 Å². The Morgan fingerprint density at radius 3 is 2.62 bits per heavy atom. The third-order valence-electron chi connectivity index (χ3n) is 6.09. The minimum Gasteiger partial charge on any atom is -0.491 e. The zero-order valence-electron chi connectivity index (χ0n) is 20.1. The van der Waals surface area contributed by atoms with Gasteiger partial charge in [-0.1, -0.05) is 11.3 Å². The van der Waals surface area contributed by atoms with Gasteiger partial charge in [-0.2, -0.15) is 9.97 Å². The van der Waals surface area contributed by atoms with Crippen LogP contribution in [0.2, 0.25) is 0 Å². The van der Waals surface area contributed by atoms with E-state index >= 15 is 0 Å². The molecule has 1 aliphatic rings. The number of aliphatic imine (C=N–C) groups is 1. The highest BCUT2D eigenvalue weighted by Gasteiger charge is 2.20. The van der Waals surface area contributed by atoms with Crippen molar-refractivity contribution in [1.29, 1.82) is 0 Å². The number of piperazine rings is 1. The Balaban J connectivity index is 1.24. The number of benzene rings is 1. The number of furan rings is 1. The first kappa shape index (κ1) is 24.7. The third-order valence-corrected chi connectivity index (χ3v) is 7.05. The van der Waals surface area contributed by atoms with E-state index in [1.807, 2.05) is 24.3 Å². The van der Waals surface area contributed by atoms with Crippen molar-refractivity contribution in [3.8, 4) is 5.75 Å². The van der Waals surface area contributed by atoms with E-state index in [4.69, 9.17) is 25.7 Å². The van der Waals surface area contributed by atoms with Crippen molar-refractivity contribution in [2.75, 3.05) is 56.6 Å². The van der Waals surface area contributed by atoms with Crippen LogP contribution in [0, 0.1) is 0 Å². The molecule has 0 radical (unpaired) electrons. The number of hydrogen-bond acceptors (Lipinski definition) is 11. The van der Waals surface area contributed by atoms with Crippen molar-refractivity contribution in [3.63, 3.8) is 0 Å². The summed E-state index contributed by atoms with van der Waals surface area (Å²) >= 11 is 1.03. The molecule has 4 aromatic rings. The fourth-order valence-electron chi connectivity index (χ4n) is 4.20. The second kappa shape index (κ2) is 11.0. The average molecular weight is 525 g/mol. The van der Waals surface area contributed by atoms with Crippen LogP contribution in [0.25, 0.3) is 10.3 Å². The van der Waals surface area contributed by atoms with Gasteiger partial charge in [-0.15, -0.1) is 0 Å². The highest BCUT2D eigenvalue weighted by Crippen LogP contribution is 2.27. The standard InChI is InChI=1S/C24H28N8O4S/c25-20(18-2-1-14-36-18)27-21-19-22(29-23(26)28-21)32(24(34)37-19)12-9-30-7-10-31(11-8-30)16-3-5-17(6-4-16)35-15-13-33/h1-6,14,33H,7-13,15H2,(H4,25,26,27,28,29). The summed E-state index contributed by atoms with van der Waals surface area (Å²) in [4.78, 5) is 30.2. The molecule has 0 aliphatic carbocycles. The summed E-state index contributed by atoms with van der Waals surface area (Å²) in [5.74, 6) is 1.56. The van der Waals surface area contributed by atoms with Crippen LogP contribution < -0.4 is 26.0 Å². The quantitative estimate of drug-likeness (QED) is 0.215. The molecule has 37 heavy (non-hydrogen) atoms. The number of nitrogens with zero attached hydrogens (tertiary/aromatic N) is 6. The molecule has 0 spiro atoms. The number of aliphatic hydroxyl groups is 1. The van der Waals surface area contributed by atoms with Crippen molar-refractivity contribution >= 4 is 45.0 Å². The number of nitrogens with two attached hydrogens (primary N) is 2. The fourth-order valence-corrected chi connectivity index (χ4v) is 5.09. The van der Waals surface area contributed by atoms with E-state index in [1.54, 1.807) is 16.7 Å². The Hall–Kier alpha value is -3.94. The molecule has 1 aliphatic heterocycles. The molecule has 1 aromatic carbocycles. The number of ether oxygens (including phenoxy) is 1. The van der Waals surface area contributed by atoms with Gasteiger partial charge >= 0.3 is 4.87 Å². The van der Waals surface area contributed by atoms with Crippen LogP contribution in [0.15, 0.2) is 56.9 Å². The molecule has 4 heterocycles. The van der Waals surface area contributed by atoms with Crippen LogP contribution in [0.5, 0.6) is 5.75 Å². The Labute approximate surface area is 216 Å². The maximum absolute atomic E-state index is 12.8. The largest absolute Gasteiger partial charge is 0.491 e. The van der Waals surface area contributed by atoms with Crippen LogP contribution in [-0.2, 0) is 6.54 Å². The van der Waals surface area contributed by atoms with Gasteiger partial charge in [0.2, 0.25) is 5.95 Å². The number of rotatable bonds is 9. The predicted octanol–water partition coefficient (Wildman–Crippen LogP) is 1.26. The van der Waals surface area contributed by atoms with Gasteiger partial charge in [0.15, 0.2) is 23.1 Å². The molecule has 12 nitrogen and oxygen atoms in total. The topological polar surface area (TPSA) is 161 Å². The first-order valence-corrected chi connectivity index (χ1v) is 12.7. The zero-order valence-corrected chi connectivity index (χ0v) is 20.9. The molecule has 5 rings (SSSR count). The molecule has 0 bridgehead atoms. The lowest BCUT2D eigenvalue weighted by atomic mass is 10.2. The summed E-state index contributed by atoms with van der Waals surface area (Å²) in [7, 11) is 0. The second-order valence-electron chi connectivity index (χ2n) is 8.45. The van der Waals surface area contributed by atoms with Crippen molar-refractivity contribution in [3.05, 3.63) is 58.1 Å². The van der Waals surface area contributed by atoms with E-state index in [-0.39, 0.29) is 35.7 Å². The number of aromatic nitrogens is 3. The van der Waals surface area contributed by atoms with Gasteiger partial charge in [0.05, 0.1) is 12.9 Å². The van der Waals surface area contributed by atoms with Gasteiger partial charge in [0, 0.05) is 45.0 Å². The van der Waals surface area contributed by atoms with Crippen LogP contribution in [0.3, 0.4) is 0 Å². The lowest BCUT2D eigenvalue weighted by molar-refractivity contribution is 0.201. The number of anilines is 2. The Morgan fingerprint density at radius 1 is 1.14 bits per heavy atom. The van der Waals surface area contributed by atoms with E-state index in [1.165, 1.54) is 6.26 Å². The molecule has 0 saturated carbocycles. The highest BCUT2D eigenvalue weighted by molar-refractivity contribution is 7.17. The number of amidine groups is 1. The van der Waals surface area contributed by atoms with Crippen LogP contribution in [0.4, 0.5) is 17.5 Å². The molecule has 0 unspecified atom stereocenters. The summed E-state index contributed by atoms with van der Waals surface area (Å²) in [5, 5.41) is 8.89. The molecule has 0 atom stereocenters. The van der Waals surface area contributed by atoms with Crippen molar-refractivity contribution in [1.82, 2.24) is 19.4 Å². The number of aliphatic hydroxyl groups excluding tert-OH is 1. The molecular weight excluding hydrogens is 496 g/mol. The molecule has 13 heteroatoms. The molecule has 5 N–H and O–H groups in total. The summed E-state index contributed by atoms with van der Waals surface area (Å²) in [6.07, 6.45) is 1.50. The van der Waals surface area contributed by atoms with E-state index in [2.05, 4.69) is 24.8 Å². The summed E-state index contributed by atoms with van der Waals surface area (Å²) in [6, 6.07) is 11.3. The molecular formula is C24H28N8O4S. The molecule has 194 valence electrons. The van der Waals surface area contributed by atoms with E-state index in [9.17, 15) is 4.79 Å². The van der Waals surface area contributed by atoms with Gasteiger partial charge in [0.1, 0.15) is 17.1 Å². The summed E-state index contributed by atoms with van der Waals surface area (Å²) < 4.78 is 12.9. The number of hydrogen-bond donors (Lipinski definition) is 3. The van der Waals surface area contributed by atoms with Gasteiger partial charge in [-0.05, 0) is 36.4 Å². The van der Waals surface area contributed by atoms with E-state index < -0.39 is 0 Å². The number of fused-ring (bicyclic) bond motifs is 1. The Morgan fingerprint density at radius 2 is 1.92 bits per heavy atom. The minimum atomic E-state index is -0.148. The smallest absolute Gasteiger partial charge is 0.309 e. The second-order valence-corrected chi connectivity index (χ2v) is 9.41.